The molecule has 0 fully saturated rings. The molecule has 0 bridgehead atoms. The summed E-state index contributed by atoms with van der Waals surface area (Å²) >= 11 is -0.861. The lowest BCUT2D eigenvalue weighted by molar-refractivity contribution is 0.242. The number of rotatable bonds is 6. The average molecular weight is 440 g/mol. The molecule has 7 nitrogen and oxygen atoms in total. The number of aromatic nitrogens is 2. The summed E-state index contributed by atoms with van der Waals surface area (Å²) in [7, 11) is 0. The number of benzene rings is 2. The lowest BCUT2D eigenvalue weighted by Crippen LogP contribution is -2.21. The third-order valence-corrected chi connectivity index (χ3v) is 6.36. The van der Waals surface area contributed by atoms with Gasteiger partial charge in [-0.25, -0.2) is 4.72 Å². The third kappa shape index (κ3) is 4.13. The van der Waals surface area contributed by atoms with Gasteiger partial charge in [-0.05, 0) is 56.0 Å². The van der Waals surface area contributed by atoms with Gasteiger partial charge >= 0.3 is 0 Å². The maximum atomic E-state index is 11.1. The first-order valence-corrected chi connectivity index (χ1v) is 11.4. The average Bonchev–Trinajstić information content (AvgIpc) is 3.35. The Morgan fingerprint density at radius 2 is 2.10 bits per heavy atom. The summed E-state index contributed by atoms with van der Waals surface area (Å²) in [6.07, 6.45) is 1.47. The van der Waals surface area contributed by atoms with Crippen LogP contribution in [-0.2, 0) is 17.7 Å². The van der Waals surface area contributed by atoms with Crippen molar-refractivity contribution >= 4 is 22.6 Å². The first kappa shape index (κ1) is 20.6. The van der Waals surface area contributed by atoms with E-state index in [4.69, 9.17) is 4.74 Å². The molecule has 0 saturated heterocycles. The van der Waals surface area contributed by atoms with Crippen LogP contribution in [0.2, 0.25) is 0 Å². The monoisotopic (exact) mass is 439 g/mol. The summed E-state index contributed by atoms with van der Waals surface area (Å²) < 4.78 is 30.4. The van der Waals surface area contributed by atoms with E-state index in [-0.39, 0.29) is 12.1 Å². The largest absolute Gasteiger partial charge is 0.760 e. The Kier molecular flexibility index (Phi) is 5.92. The number of nitrogens with one attached hydrogen (secondary N) is 1. The maximum Gasteiger partial charge on any atom is 0.148 e. The van der Waals surface area contributed by atoms with Gasteiger partial charge in [0.15, 0.2) is 0 Å². The fourth-order valence-corrected chi connectivity index (χ4v) is 5.02. The van der Waals surface area contributed by atoms with E-state index in [9.17, 15) is 14.0 Å². The maximum absolute atomic E-state index is 11.1. The first-order valence-electron chi connectivity index (χ1n) is 9.48. The highest BCUT2D eigenvalue weighted by atomic mass is 32.2. The van der Waals surface area contributed by atoms with Gasteiger partial charge in [0.05, 0.1) is 11.7 Å². The number of fused-ring (bicyclic) bond motifs is 1. The fraction of sp³-hybridized carbons (Fsp3) is 0.286. The Morgan fingerprint density at radius 3 is 2.83 bits per heavy atom. The van der Waals surface area contributed by atoms with Crippen molar-refractivity contribution in [1.82, 2.24) is 14.9 Å². The van der Waals surface area contributed by atoms with Crippen molar-refractivity contribution in [3.05, 3.63) is 53.1 Å². The van der Waals surface area contributed by atoms with Crippen LogP contribution in [-0.4, -0.2) is 25.1 Å². The van der Waals surface area contributed by atoms with Gasteiger partial charge in [0.25, 0.3) is 0 Å². The van der Waals surface area contributed by atoms with Crippen molar-refractivity contribution in [2.24, 2.45) is 0 Å². The van der Waals surface area contributed by atoms with E-state index in [2.05, 4.69) is 21.0 Å². The van der Waals surface area contributed by atoms with E-state index < -0.39 is 11.3 Å². The molecule has 3 aromatic rings. The summed E-state index contributed by atoms with van der Waals surface area (Å²) in [6, 6.07) is 13.2. The van der Waals surface area contributed by atoms with E-state index >= 15 is 0 Å². The molecule has 1 unspecified atom stereocenters. The second-order valence-corrected chi connectivity index (χ2v) is 8.90. The van der Waals surface area contributed by atoms with Crippen molar-refractivity contribution in [3.63, 3.8) is 0 Å². The molecule has 30 heavy (non-hydrogen) atoms. The zero-order valence-corrected chi connectivity index (χ0v) is 18.0. The Morgan fingerprint density at radius 1 is 1.30 bits per heavy atom. The molecule has 0 saturated carbocycles. The molecule has 0 amide bonds. The number of hydrogen-bond donors (Lipinski definition) is 1. The number of nitrogens with zero attached hydrogens (tertiary/aromatic N) is 3. The van der Waals surface area contributed by atoms with E-state index in [1.54, 1.807) is 12.1 Å². The predicted octanol–water partition coefficient (Wildman–Crippen LogP) is 3.90. The van der Waals surface area contributed by atoms with Crippen LogP contribution in [0.5, 0.6) is 5.75 Å². The Hall–Kier alpha value is -2.64. The van der Waals surface area contributed by atoms with E-state index in [1.165, 1.54) is 11.3 Å². The number of nitriles is 1. The molecule has 1 N–H and O–H groups in total. The molecule has 4 rings (SSSR count). The van der Waals surface area contributed by atoms with Gasteiger partial charge in [-0.1, -0.05) is 29.5 Å². The normalized spacial score (nSPS) is 16.3. The summed E-state index contributed by atoms with van der Waals surface area (Å²) in [4.78, 5) is 0. The molecule has 0 radical (unpaired) electrons. The second-order valence-electron chi connectivity index (χ2n) is 7.22. The molecule has 1 aliphatic rings. The van der Waals surface area contributed by atoms with Gasteiger partial charge in [0, 0.05) is 28.4 Å². The second kappa shape index (κ2) is 8.62. The van der Waals surface area contributed by atoms with Crippen LogP contribution in [0.3, 0.4) is 0 Å². The van der Waals surface area contributed by atoms with Crippen LogP contribution in [0.15, 0.2) is 36.4 Å². The van der Waals surface area contributed by atoms with Gasteiger partial charge in [0.1, 0.15) is 21.8 Å². The Bertz CT molecular complexity index is 1150. The topological polar surface area (TPSA) is 111 Å². The molecule has 2 aromatic carbocycles. The zero-order valence-electron chi connectivity index (χ0n) is 16.4. The fourth-order valence-electron chi connectivity index (χ4n) is 3.65. The number of ether oxygens (including phenoxy) is 1. The minimum absolute atomic E-state index is 0.0198. The van der Waals surface area contributed by atoms with E-state index in [0.717, 1.165) is 40.1 Å². The van der Waals surface area contributed by atoms with Crippen LogP contribution in [0, 0.1) is 11.3 Å². The van der Waals surface area contributed by atoms with Gasteiger partial charge in [0.2, 0.25) is 0 Å². The Labute approximate surface area is 181 Å². The van der Waals surface area contributed by atoms with Gasteiger partial charge in [-0.15, -0.1) is 10.2 Å². The van der Waals surface area contributed by atoms with E-state index in [0.29, 0.717) is 16.3 Å². The molecule has 2 atom stereocenters. The van der Waals surface area contributed by atoms with Crippen LogP contribution in [0.25, 0.3) is 21.1 Å². The van der Waals surface area contributed by atoms with Crippen LogP contribution < -0.4 is 9.46 Å². The van der Waals surface area contributed by atoms with Crippen LogP contribution >= 0.6 is 11.3 Å². The minimum atomic E-state index is -2.31. The molecule has 0 spiro atoms. The zero-order chi connectivity index (χ0) is 21.3. The summed E-state index contributed by atoms with van der Waals surface area (Å²) in [6.45, 7) is 3.83. The van der Waals surface area contributed by atoms with Crippen molar-refractivity contribution in [2.75, 3.05) is 0 Å². The highest BCUT2D eigenvalue weighted by Crippen LogP contribution is 2.40. The molecule has 1 aromatic heterocycles. The van der Waals surface area contributed by atoms with Crippen molar-refractivity contribution in [3.8, 4) is 33.0 Å². The first-order chi connectivity index (χ1) is 14.5. The molecule has 154 valence electrons. The van der Waals surface area contributed by atoms with E-state index in [1.807, 2.05) is 38.1 Å². The van der Waals surface area contributed by atoms with Crippen molar-refractivity contribution in [2.45, 2.75) is 38.8 Å². The highest BCUT2D eigenvalue weighted by Gasteiger charge is 2.26. The van der Waals surface area contributed by atoms with Gasteiger partial charge in [-0.3, -0.25) is 4.21 Å². The van der Waals surface area contributed by atoms with Crippen LogP contribution in [0.4, 0.5) is 0 Å². The lowest BCUT2D eigenvalue weighted by Gasteiger charge is -2.15. The highest BCUT2D eigenvalue weighted by molar-refractivity contribution is 7.77. The van der Waals surface area contributed by atoms with Crippen LogP contribution in [0.1, 0.15) is 43.0 Å². The van der Waals surface area contributed by atoms with Crippen molar-refractivity contribution in [1.29, 1.82) is 5.26 Å². The molecule has 1 aliphatic carbocycles. The summed E-state index contributed by atoms with van der Waals surface area (Å²) in [5.74, 6) is 0.552. The summed E-state index contributed by atoms with van der Waals surface area (Å²) in [5, 5.41) is 19.6. The van der Waals surface area contributed by atoms with Gasteiger partial charge < -0.3 is 9.29 Å². The third-order valence-electron chi connectivity index (χ3n) is 4.87. The van der Waals surface area contributed by atoms with Gasteiger partial charge in [-0.2, -0.15) is 5.26 Å². The molecule has 1 heterocycles. The molecular formula is C21H19N4O3S2-. The number of hydrogen-bond acceptors (Lipinski definition) is 7. The lowest BCUT2D eigenvalue weighted by atomic mass is 10.0. The summed E-state index contributed by atoms with van der Waals surface area (Å²) in [5.41, 5.74) is 4.31. The molecule has 0 aliphatic heterocycles. The Balaban J connectivity index is 1.66. The standard InChI is InChI=1S/C21H20N4O3S2/c1-12(2)28-19-9-6-13(10-14(19)11-22)20-23-24-21(29-20)17-5-3-4-16-15(17)7-8-18(16)25-30(26)27/h3-6,9-10,12,18,25H,7-8H2,1-2H3,(H,26,27)/p-1/t18-/m0/s1. The SMILES string of the molecule is CC(C)Oc1ccc(-c2nnc(-c3cccc4c3CC[C@@H]4NS(=O)[O-])s2)cc1C#N. The smallest absolute Gasteiger partial charge is 0.148 e. The quantitative estimate of drug-likeness (QED) is 0.583. The predicted molar refractivity (Wildman–Crippen MR) is 114 cm³/mol. The minimum Gasteiger partial charge on any atom is -0.760 e. The van der Waals surface area contributed by atoms with Crippen molar-refractivity contribution < 1.29 is 13.5 Å². The molecule has 9 heteroatoms. The molecular weight excluding hydrogens is 420 g/mol.